The number of nitrogens with zero attached hydrogens (tertiary/aromatic N) is 1. The molecule has 0 aromatic heterocycles. The molecule has 1 N–H and O–H groups in total. The number of nitriles is 1. The SMILES string of the molecule is CC(C)(CCl)C(C#N)Nc1ccccc1. The number of nitrogens with one attached hydrogen (secondary N) is 1. The van der Waals surface area contributed by atoms with Crippen molar-refractivity contribution in [2.45, 2.75) is 19.9 Å². The van der Waals surface area contributed by atoms with Gasteiger partial charge in [0.05, 0.1) is 6.07 Å². The van der Waals surface area contributed by atoms with Gasteiger partial charge in [-0.05, 0) is 12.1 Å². The van der Waals surface area contributed by atoms with Crippen LogP contribution in [0.15, 0.2) is 30.3 Å². The monoisotopic (exact) mass is 222 g/mol. The Morgan fingerprint density at radius 2 is 2.00 bits per heavy atom. The van der Waals surface area contributed by atoms with Crippen LogP contribution in [0.5, 0.6) is 0 Å². The predicted molar refractivity (Wildman–Crippen MR) is 64.0 cm³/mol. The molecule has 1 aromatic carbocycles. The molecule has 1 atom stereocenters. The summed E-state index contributed by atoms with van der Waals surface area (Å²) in [5.74, 6) is 0.449. The minimum atomic E-state index is -0.280. The highest BCUT2D eigenvalue weighted by Crippen LogP contribution is 2.25. The Bertz CT molecular complexity index is 340. The van der Waals surface area contributed by atoms with Crippen LogP contribution in [-0.2, 0) is 0 Å². The second-order valence-electron chi connectivity index (χ2n) is 4.19. The summed E-state index contributed by atoms with van der Waals surface area (Å²) in [7, 11) is 0. The fourth-order valence-corrected chi connectivity index (χ4v) is 1.33. The molecule has 0 heterocycles. The lowest BCUT2D eigenvalue weighted by Gasteiger charge is -2.28. The van der Waals surface area contributed by atoms with Crippen molar-refractivity contribution >= 4 is 17.3 Å². The lowest BCUT2D eigenvalue weighted by molar-refractivity contribution is 0.397. The third-order valence-electron chi connectivity index (χ3n) is 2.34. The summed E-state index contributed by atoms with van der Waals surface area (Å²) >= 11 is 5.84. The van der Waals surface area contributed by atoms with Crippen molar-refractivity contribution in [1.82, 2.24) is 0 Å². The van der Waals surface area contributed by atoms with Gasteiger partial charge in [-0.3, -0.25) is 0 Å². The Kier molecular flexibility index (Phi) is 3.99. The van der Waals surface area contributed by atoms with Gasteiger partial charge >= 0.3 is 0 Å². The van der Waals surface area contributed by atoms with Gasteiger partial charge in [0.25, 0.3) is 0 Å². The van der Waals surface area contributed by atoms with Crippen molar-refractivity contribution in [3.8, 4) is 6.07 Å². The average Bonchev–Trinajstić information content (AvgIpc) is 2.27. The highest BCUT2D eigenvalue weighted by molar-refractivity contribution is 6.18. The summed E-state index contributed by atoms with van der Waals surface area (Å²) in [5.41, 5.74) is 0.703. The van der Waals surface area contributed by atoms with E-state index in [2.05, 4.69) is 11.4 Å². The molecule has 0 radical (unpaired) electrons. The van der Waals surface area contributed by atoms with E-state index >= 15 is 0 Å². The number of hydrogen-bond acceptors (Lipinski definition) is 2. The Balaban J connectivity index is 2.76. The van der Waals surface area contributed by atoms with Crippen LogP contribution in [-0.4, -0.2) is 11.9 Å². The molecule has 1 rings (SSSR count). The molecule has 0 aliphatic carbocycles. The van der Waals surface area contributed by atoms with Crippen molar-refractivity contribution in [3.05, 3.63) is 30.3 Å². The molecular weight excluding hydrogens is 208 g/mol. The number of rotatable bonds is 4. The van der Waals surface area contributed by atoms with E-state index in [0.717, 1.165) is 5.69 Å². The summed E-state index contributed by atoms with van der Waals surface area (Å²) in [4.78, 5) is 0. The van der Waals surface area contributed by atoms with Crippen LogP contribution >= 0.6 is 11.6 Å². The molecular formula is C12H15ClN2. The Hall–Kier alpha value is -1.20. The first-order valence-corrected chi connectivity index (χ1v) is 5.41. The number of halogens is 1. The molecule has 0 aliphatic rings. The maximum atomic E-state index is 9.08. The van der Waals surface area contributed by atoms with Gasteiger partial charge < -0.3 is 5.32 Å². The summed E-state index contributed by atoms with van der Waals surface area (Å²) in [5, 5.41) is 12.3. The second-order valence-corrected chi connectivity index (χ2v) is 4.46. The van der Waals surface area contributed by atoms with Gasteiger partial charge in [0.2, 0.25) is 0 Å². The zero-order valence-electron chi connectivity index (χ0n) is 9.00. The van der Waals surface area contributed by atoms with Crippen molar-refractivity contribution in [2.75, 3.05) is 11.2 Å². The van der Waals surface area contributed by atoms with Gasteiger partial charge in [0, 0.05) is 17.0 Å². The van der Waals surface area contributed by atoms with Gasteiger partial charge in [-0.25, -0.2) is 0 Å². The minimum Gasteiger partial charge on any atom is -0.369 e. The largest absolute Gasteiger partial charge is 0.369 e. The van der Waals surface area contributed by atoms with Crippen LogP contribution in [0.4, 0.5) is 5.69 Å². The standard InChI is InChI=1S/C12H15ClN2/c1-12(2,9-13)11(8-14)15-10-6-4-3-5-7-10/h3-7,11,15H,9H2,1-2H3. The highest BCUT2D eigenvalue weighted by atomic mass is 35.5. The van der Waals surface area contributed by atoms with Crippen molar-refractivity contribution < 1.29 is 0 Å². The predicted octanol–water partition coefficient (Wildman–Crippen LogP) is 3.26. The molecule has 0 aliphatic heterocycles. The first-order chi connectivity index (χ1) is 7.10. The fraction of sp³-hybridized carbons (Fsp3) is 0.417. The molecule has 1 unspecified atom stereocenters. The fourth-order valence-electron chi connectivity index (χ4n) is 1.18. The van der Waals surface area contributed by atoms with Crippen LogP contribution < -0.4 is 5.32 Å². The third kappa shape index (κ3) is 3.14. The van der Waals surface area contributed by atoms with Crippen LogP contribution in [0.2, 0.25) is 0 Å². The first-order valence-electron chi connectivity index (χ1n) is 4.87. The smallest absolute Gasteiger partial charge is 0.120 e. The summed E-state index contributed by atoms with van der Waals surface area (Å²) in [6.45, 7) is 3.95. The van der Waals surface area contributed by atoms with Crippen LogP contribution in [0.1, 0.15) is 13.8 Å². The van der Waals surface area contributed by atoms with Crippen molar-refractivity contribution in [1.29, 1.82) is 5.26 Å². The van der Waals surface area contributed by atoms with E-state index in [-0.39, 0.29) is 11.5 Å². The molecule has 0 saturated carbocycles. The Morgan fingerprint density at radius 3 is 2.47 bits per heavy atom. The van der Waals surface area contributed by atoms with Crippen LogP contribution in [0.3, 0.4) is 0 Å². The molecule has 3 heteroatoms. The molecule has 0 amide bonds. The normalized spacial score (nSPS) is 12.9. The second kappa shape index (κ2) is 5.04. The van der Waals surface area contributed by atoms with Gasteiger partial charge in [-0.1, -0.05) is 32.0 Å². The molecule has 0 spiro atoms. The molecule has 0 fully saturated rings. The first kappa shape index (κ1) is 11.9. The number of para-hydroxylation sites is 1. The molecule has 0 bridgehead atoms. The topological polar surface area (TPSA) is 35.8 Å². The van der Waals surface area contributed by atoms with E-state index < -0.39 is 0 Å². The number of anilines is 1. The third-order valence-corrected chi connectivity index (χ3v) is 3.03. The van der Waals surface area contributed by atoms with Crippen molar-refractivity contribution in [3.63, 3.8) is 0 Å². The van der Waals surface area contributed by atoms with E-state index in [1.54, 1.807) is 0 Å². The van der Waals surface area contributed by atoms with E-state index in [0.29, 0.717) is 5.88 Å². The van der Waals surface area contributed by atoms with E-state index in [9.17, 15) is 0 Å². The quantitative estimate of drug-likeness (QED) is 0.794. The molecule has 80 valence electrons. The summed E-state index contributed by atoms with van der Waals surface area (Å²) < 4.78 is 0. The Labute approximate surface area is 95.9 Å². The van der Waals surface area contributed by atoms with E-state index in [1.165, 1.54) is 0 Å². The number of alkyl halides is 1. The number of hydrogen-bond donors (Lipinski definition) is 1. The van der Waals surface area contributed by atoms with Gasteiger partial charge in [0.15, 0.2) is 0 Å². The summed E-state index contributed by atoms with van der Waals surface area (Å²) in [6.07, 6.45) is 0. The minimum absolute atomic E-state index is 0.244. The van der Waals surface area contributed by atoms with Crippen LogP contribution in [0.25, 0.3) is 0 Å². The molecule has 2 nitrogen and oxygen atoms in total. The lowest BCUT2D eigenvalue weighted by atomic mass is 9.87. The maximum Gasteiger partial charge on any atom is 0.120 e. The zero-order chi connectivity index (χ0) is 11.3. The molecule has 15 heavy (non-hydrogen) atoms. The Morgan fingerprint density at radius 1 is 1.40 bits per heavy atom. The highest BCUT2D eigenvalue weighted by Gasteiger charge is 2.28. The molecule has 1 aromatic rings. The molecule has 0 saturated heterocycles. The number of benzene rings is 1. The van der Waals surface area contributed by atoms with Gasteiger partial charge in [0.1, 0.15) is 6.04 Å². The average molecular weight is 223 g/mol. The van der Waals surface area contributed by atoms with E-state index in [1.807, 2.05) is 44.2 Å². The van der Waals surface area contributed by atoms with Gasteiger partial charge in [-0.15, -0.1) is 11.6 Å². The van der Waals surface area contributed by atoms with E-state index in [4.69, 9.17) is 16.9 Å². The lowest BCUT2D eigenvalue weighted by Crippen LogP contribution is -2.36. The van der Waals surface area contributed by atoms with Gasteiger partial charge in [-0.2, -0.15) is 5.26 Å². The summed E-state index contributed by atoms with van der Waals surface area (Å²) in [6, 6.07) is 11.7. The van der Waals surface area contributed by atoms with Crippen LogP contribution in [0, 0.1) is 16.7 Å². The zero-order valence-corrected chi connectivity index (χ0v) is 9.75. The maximum absolute atomic E-state index is 9.08. The van der Waals surface area contributed by atoms with Crippen molar-refractivity contribution in [2.24, 2.45) is 5.41 Å².